The van der Waals surface area contributed by atoms with Crippen LogP contribution in [0.3, 0.4) is 0 Å². The summed E-state index contributed by atoms with van der Waals surface area (Å²) >= 11 is 1.63. The Bertz CT molecular complexity index is 843. The molecule has 5 nitrogen and oxygen atoms in total. The predicted molar refractivity (Wildman–Crippen MR) is 102 cm³/mol. The number of anilines is 1. The van der Waals surface area contributed by atoms with E-state index in [1.807, 2.05) is 49.4 Å². The number of aromatic amines is 1. The number of fused-ring (bicyclic) bond motifs is 1. The van der Waals surface area contributed by atoms with Crippen LogP contribution in [0.15, 0.2) is 47.6 Å². The van der Waals surface area contributed by atoms with Crippen molar-refractivity contribution >= 4 is 34.4 Å². The van der Waals surface area contributed by atoms with Crippen LogP contribution in [0.2, 0.25) is 0 Å². The summed E-state index contributed by atoms with van der Waals surface area (Å²) in [5.74, 6) is 1.50. The van der Waals surface area contributed by atoms with Gasteiger partial charge >= 0.3 is 0 Å². The van der Waals surface area contributed by atoms with E-state index in [0.29, 0.717) is 12.2 Å². The van der Waals surface area contributed by atoms with Crippen LogP contribution in [-0.2, 0) is 4.79 Å². The molecule has 0 aliphatic heterocycles. The molecule has 0 fully saturated rings. The van der Waals surface area contributed by atoms with E-state index >= 15 is 0 Å². The molecule has 0 radical (unpaired) electrons. The van der Waals surface area contributed by atoms with Gasteiger partial charge in [0.2, 0.25) is 5.91 Å². The maximum absolute atomic E-state index is 12.1. The molecule has 0 unspecified atom stereocenters. The second kappa shape index (κ2) is 8.07. The highest BCUT2D eigenvalue weighted by Gasteiger charge is 2.08. The van der Waals surface area contributed by atoms with Crippen LogP contribution in [0.25, 0.3) is 11.0 Å². The Kier molecular flexibility index (Phi) is 5.60. The number of carbonyl (C=O) groups excluding carboxylic acids is 1. The lowest BCUT2D eigenvalue weighted by Crippen LogP contribution is -2.12. The third kappa shape index (κ3) is 4.54. The summed E-state index contributed by atoms with van der Waals surface area (Å²) in [6.07, 6.45) is 1.24. The summed E-state index contributed by atoms with van der Waals surface area (Å²) in [5.41, 5.74) is 3.80. The summed E-state index contributed by atoms with van der Waals surface area (Å²) in [6, 6.07) is 13.7. The number of imidazole rings is 1. The van der Waals surface area contributed by atoms with E-state index < -0.39 is 0 Å². The zero-order valence-electron chi connectivity index (χ0n) is 14.3. The number of benzene rings is 2. The summed E-state index contributed by atoms with van der Waals surface area (Å²) in [4.78, 5) is 19.9. The van der Waals surface area contributed by atoms with Gasteiger partial charge in [-0.1, -0.05) is 30.0 Å². The Hall–Kier alpha value is -2.47. The van der Waals surface area contributed by atoms with Gasteiger partial charge in [-0.2, -0.15) is 0 Å². The third-order valence-electron chi connectivity index (χ3n) is 3.78. The quantitative estimate of drug-likeness (QED) is 0.487. The Labute approximate surface area is 151 Å². The molecule has 0 saturated carbocycles. The van der Waals surface area contributed by atoms with Crippen LogP contribution >= 0.6 is 11.8 Å². The van der Waals surface area contributed by atoms with Gasteiger partial charge in [0.15, 0.2) is 5.16 Å². The normalized spacial score (nSPS) is 10.8. The number of hydrogen-bond donors (Lipinski definition) is 2. The van der Waals surface area contributed by atoms with Gasteiger partial charge in [0.1, 0.15) is 5.75 Å². The number of aryl methyl sites for hydroxylation is 1. The van der Waals surface area contributed by atoms with Crippen LogP contribution < -0.4 is 10.1 Å². The van der Waals surface area contributed by atoms with Crippen LogP contribution in [0.5, 0.6) is 5.75 Å². The standard InChI is InChI=1S/C19H21N3O2S/c1-13-9-10-17(24-2)16(12-13)20-18(23)8-5-11-25-19-21-14-6-3-4-7-15(14)22-19/h3-4,6-7,9-10,12H,5,8,11H2,1-2H3,(H,20,23)(H,21,22). The zero-order chi connectivity index (χ0) is 17.6. The van der Waals surface area contributed by atoms with E-state index in [1.54, 1.807) is 18.9 Å². The number of ether oxygens (including phenoxy) is 1. The fourth-order valence-corrected chi connectivity index (χ4v) is 3.36. The van der Waals surface area contributed by atoms with E-state index in [9.17, 15) is 4.79 Å². The molecule has 130 valence electrons. The molecule has 0 saturated heterocycles. The smallest absolute Gasteiger partial charge is 0.224 e. The number of amides is 1. The van der Waals surface area contributed by atoms with Crippen LogP contribution in [0, 0.1) is 6.92 Å². The van der Waals surface area contributed by atoms with Gasteiger partial charge in [0, 0.05) is 12.2 Å². The molecule has 3 aromatic rings. The summed E-state index contributed by atoms with van der Waals surface area (Å²) in [6.45, 7) is 1.99. The number of nitrogens with zero attached hydrogens (tertiary/aromatic N) is 1. The Morgan fingerprint density at radius 3 is 2.92 bits per heavy atom. The number of thioether (sulfide) groups is 1. The second-order valence-corrected chi connectivity index (χ2v) is 6.85. The molecule has 25 heavy (non-hydrogen) atoms. The predicted octanol–water partition coefficient (Wildman–Crippen LogP) is 4.39. The van der Waals surface area contributed by atoms with Crippen molar-refractivity contribution < 1.29 is 9.53 Å². The first-order chi connectivity index (χ1) is 12.2. The molecule has 1 aromatic heterocycles. The summed E-state index contributed by atoms with van der Waals surface area (Å²) in [5, 5.41) is 3.82. The molecule has 1 heterocycles. The first-order valence-electron chi connectivity index (χ1n) is 8.18. The number of H-pyrrole nitrogens is 1. The Morgan fingerprint density at radius 2 is 2.12 bits per heavy atom. The van der Waals surface area contributed by atoms with Crippen LogP contribution in [0.4, 0.5) is 5.69 Å². The lowest BCUT2D eigenvalue weighted by Gasteiger charge is -2.10. The van der Waals surface area contributed by atoms with Crippen molar-refractivity contribution in [2.24, 2.45) is 0 Å². The third-order valence-corrected chi connectivity index (χ3v) is 4.74. The molecule has 0 spiro atoms. The van der Waals surface area contributed by atoms with E-state index in [4.69, 9.17) is 4.74 Å². The maximum Gasteiger partial charge on any atom is 0.224 e. The van der Waals surface area contributed by atoms with Gasteiger partial charge in [0.25, 0.3) is 0 Å². The number of para-hydroxylation sites is 2. The average Bonchev–Trinajstić information content (AvgIpc) is 3.02. The van der Waals surface area contributed by atoms with Crippen molar-refractivity contribution in [3.05, 3.63) is 48.0 Å². The lowest BCUT2D eigenvalue weighted by molar-refractivity contribution is -0.116. The van der Waals surface area contributed by atoms with Crippen molar-refractivity contribution in [2.45, 2.75) is 24.9 Å². The number of carbonyl (C=O) groups is 1. The fraction of sp³-hybridized carbons (Fsp3) is 0.263. The van der Waals surface area contributed by atoms with Crippen molar-refractivity contribution in [2.75, 3.05) is 18.2 Å². The van der Waals surface area contributed by atoms with E-state index in [-0.39, 0.29) is 5.91 Å². The lowest BCUT2D eigenvalue weighted by atomic mass is 10.2. The van der Waals surface area contributed by atoms with E-state index in [2.05, 4.69) is 15.3 Å². The van der Waals surface area contributed by atoms with Crippen molar-refractivity contribution in [3.8, 4) is 5.75 Å². The number of aromatic nitrogens is 2. The fourth-order valence-electron chi connectivity index (χ4n) is 2.53. The highest BCUT2D eigenvalue weighted by molar-refractivity contribution is 7.99. The largest absolute Gasteiger partial charge is 0.495 e. The van der Waals surface area contributed by atoms with Crippen molar-refractivity contribution in [1.29, 1.82) is 0 Å². The monoisotopic (exact) mass is 355 g/mol. The molecule has 0 aliphatic carbocycles. The van der Waals surface area contributed by atoms with E-state index in [0.717, 1.165) is 39.6 Å². The first-order valence-corrected chi connectivity index (χ1v) is 9.16. The summed E-state index contributed by atoms with van der Waals surface area (Å²) < 4.78 is 5.28. The molecular formula is C19H21N3O2S. The molecule has 1 amide bonds. The second-order valence-electron chi connectivity index (χ2n) is 5.76. The topological polar surface area (TPSA) is 67.0 Å². The van der Waals surface area contributed by atoms with Gasteiger partial charge in [-0.3, -0.25) is 4.79 Å². The Morgan fingerprint density at radius 1 is 1.28 bits per heavy atom. The molecule has 3 rings (SSSR count). The van der Waals surface area contributed by atoms with Gasteiger partial charge in [-0.25, -0.2) is 4.98 Å². The highest BCUT2D eigenvalue weighted by Crippen LogP contribution is 2.25. The molecule has 2 aromatic carbocycles. The van der Waals surface area contributed by atoms with Gasteiger partial charge < -0.3 is 15.0 Å². The highest BCUT2D eigenvalue weighted by atomic mass is 32.2. The molecule has 0 aliphatic rings. The number of nitrogens with one attached hydrogen (secondary N) is 2. The average molecular weight is 355 g/mol. The minimum absolute atomic E-state index is 0.00546. The number of rotatable bonds is 7. The number of hydrogen-bond acceptors (Lipinski definition) is 4. The van der Waals surface area contributed by atoms with Gasteiger partial charge in [-0.15, -0.1) is 0 Å². The maximum atomic E-state index is 12.1. The van der Waals surface area contributed by atoms with E-state index in [1.165, 1.54) is 0 Å². The summed E-state index contributed by atoms with van der Waals surface area (Å²) in [7, 11) is 1.60. The molecular weight excluding hydrogens is 334 g/mol. The zero-order valence-corrected chi connectivity index (χ0v) is 15.2. The molecule has 2 N–H and O–H groups in total. The molecule has 0 bridgehead atoms. The minimum atomic E-state index is -0.00546. The number of methoxy groups -OCH3 is 1. The Balaban J connectivity index is 1.47. The van der Waals surface area contributed by atoms with Gasteiger partial charge in [0.05, 0.1) is 23.8 Å². The molecule has 6 heteroatoms. The van der Waals surface area contributed by atoms with Gasteiger partial charge in [-0.05, 0) is 43.2 Å². The first kappa shape index (κ1) is 17.4. The van der Waals surface area contributed by atoms with Crippen molar-refractivity contribution in [1.82, 2.24) is 9.97 Å². The molecule has 0 atom stereocenters. The SMILES string of the molecule is COc1ccc(C)cc1NC(=O)CCCSc1nc2ccccc2[nH]1. The van der Waals surface area contributed by atoms with Crippen LogP contribution in [0.1, 0.15) is 18.4 Å². The van der Waals surface area contributed by atoms with Crippen LogP contribution in [-0.4, -0.2) is 28.7 Å². The van der Waals surface area contributed by atoms with Crippen molar-refractivity contribution in [3.63, 3.8) is 0 Å². The minimum Gasteiger partial charge on any atom is -0.495 e.